The summed E-state index contributed by atoms with van der Waals surface area (Å²) in [7, 11) is 0. The first-order valence-electron chi connectivity index (χ1n) is 6.39. The number of aromatic nitrogens is 1. The standard InChI is InChI=1S/C14H21N3/c1-14(2,11-15)7-9-17-8-3-4-13(17)10-16-12-5-6-12/h3-4,8,12,16H,5-7,9-10H2,1-2H3. The van der Waals surface area contributed by atoms with Gasteiger partial charge in [0.1, 0.15) is 0 Å². The second-order valence-electron chi connectivity index (χ2n) is 5.59. The number of nitrogens with zero attached hydrogens (tertiary/aromatic N) is 2. The van der Waals surface area contributed by atoms with Gasteiger partial charge in [-0.3, -0.25) is 0 Å². The van der Waals surface area contributed by atoms with Crippen LogP contribution in [0.5, 0.6) is 0 Å². The van der Waals surface area contributed by atoms with Gasteiger partial charge in [-0.1, -0.05) is 0 Å². The van der Waals surface area contributed by atoms with Gasteiger partial charge in [-0.25, -0.2) is 0 Å². The molecule has 3 nitrogen and oxygen atoms in total. The van der Waals surface area contributed by atoms with Gasteiger partial charge in [0.15, 0.2) is 0 Å². The van der Waals surface area contributed by atoms with E-state index in [9.17, 15) is 0 Å². The molecule has 92 valence electrons. The van der Waals surface area contributed by atoms with Gasteiger partial charge in [-0.05, 0) is 45.2 Å². The molecule has 0 bridgehead atoms. The molecule has 0 radical (unpaired) electrons. The van der Waals surface area contributed by atoms with E-state index in [1.54, 1.807) is 0 Å². The molecule has 1 N–H and O–H groups in total. The Hall–Kier alpha value is -1.27. The summed E-state index contributed by atoms with van der Waals surface area (Å²) in [5.41, 5.74) is 1.09. The first-order valence-corrected chi connectivity index (χ1v) is 6.39. The average molecular weight is 231 g/mol. The van der Waals surface area contributed by atoms with Crippen molar-refractivity contribution in [1.82, 2.24) is 9.88 Å². The number of hydrogen-bond acceptors (Lipinski definition) is 2. The monoisotopic (exact) mass is 231 g/mol. The van der Waals surface area contributed by atoms with Crippen molar-refractivity contribution in [3.8, 4) is 6.07 Å². The largest absolute Gasteiger partial charge is 0.350 e. The van der Waals surface area contributed by atoms with Gasteiger partial charge in [-0.15, -0.1) is 0 Å². The molecule has 17 heavy (non-hydrogen) atoms. The zero-order chi connectivity index (χ0) is 12.3. The van der Waals surface area contributed by atoms with E-state index in [-0.39, 0.29) is 5.41 Å². The highest BCUT2D eigenvalue weighted by Gasteiger charge is 2.21. The molecule has 1 aliphatic rings. The Kier molecular flexibility index (Phi) is 3.54. The van der Waals surface area contributed by atoms with Crippen molar-refractivity contribution in [2.45, 2.75) is 52.2 Å². The van der Waals surface area contributed by atoms with Crippen LogP contribution in [0.25, 0.3) is 0 Å². The average Bonchev–Trinajstić information content (AvgIpc) is 3.03. The highest BCUT2D eigenvalue weighted by atomic mass is 15.0. The van der Waals surface area contributed by atoms with Crippen molar-refractivity contribution in [1.29, 1.82) is 5.26 Å². The lowest BCUT2D eigenvalue weighted by molar-refractivity contribution is 0.408. The van der Waals surface area contributed by atoms with Crippen molar-refractivity contribution >= 4 is 0 Å². The first-order chi connectivity index (χ1) is 8.11. The normalized spacial score (nSPS) is 15.8. The smallest absolute Gasteiger partial charge is 0.0684 e. The van der Waals surface area contributed by atoms with Crippen LogP contribution in [0.3, 0.4) is 0 Å². The number of hydrogen-bond donors (Lipinski definition) is 1. The Morgan fingerprint density at radius 3 is 2.94 bits per heavy atom. The van der Waals surface area contributed by atoms with Crippen LogP contribution in [0.2, 0.25) is 0 Å². The minimum Gasteiger partial charge on any atom is -0.350 e. The van der Waals surface area contributed by atoms with Crippen molar-refractivity contribution in [2.24, 2.45) is 5.41 Å². The minimum atomic E-state index is -0.231. The summed E-state index contributed by atoms with van der Waals surface area (Å²) in [6.45, 7) is 5.87. The van der Waals surface area contributed by atoms with Crippen LogP contribution >= 0.6 is 0 Å². The second-order valence-corrected chi connectivity index (χ2v) is 5.59. The van der Waals surface area contributed by atoms with E-state index < -0.39 is 0 Å². The molecule has 0 aromatic carbocycles. The van der Waals surface area contributed by atoms with Crippen molar-refractivity contribution in [3.05, 3.63) is 24.0 Å². The third kappa shape index (κ3) is 3.61. The maximum absolute atomic E-state index is 9.00. The van der Waals surface area contributed by atoms with Gasteiger partial charge in [0.05, 0.1) is 11.5 Å². The summed E-state index contributed by atoms with van der Waals surface area (Å²) in [4.78, 5) is 0. The number of nitrogens with one attached hydrogen (secondary N) is 1. The van der Waals surface area contributed by atoms with Crippen molar-refractivity contribution < 1.29 is 0 Å². The molecule has 1 aliphatic carbocycles. The number of rotatable bonds is 6. The molecule has 1 aromatic heterocycles. The maximum Gasteiger partial charge on any atom is 0.0684 e. The zero-order valence-corrected chi connectivity index (χ0v) is 10.7. The summed E-state index contributed by atoms with van der Waals surface area (Å²) in [6.07, 6.45) is 5.65. The van der Waals surface area contributed by atoms with Crippen LogP contribution in [0.1, 0.15) is 38.8 Å². The Morgan fingerprint density at radius 2 is 2.29 bits per heavy atom. The Bertz CT molecular complexity index is 407. The van der Waals surface area contributed by atoms with E-state index >= 15 is 0 Å². The molecular formula is C14H21N3. The molecule has 0 spiro atoms. The molecule has 1 heterocycles. The number of aryl methyl sites for hydroxylation is 1. The van der Waals surface area contributed by atoms with Gasteiger partial charge in [0.25, 0.3) is 0 Å². The second kappa shape index (κ2) is 4.93. The van der Waals surface area contributed by atoms with E-state index in [1.807, 2.05) is 13.8 Å². The fourth-order valence-corrected chi connectivity index (χ4v) is 1.82. The predicted molar refractivity (Wildman–Crippen MR) is 68.3 cm³/mol. The van der Waals surface area contributed by atoms with E-state index in [4.69, 9.17) is 5.26 Å². The molecule has 0 unspecified atom stereocenters. The van der Waals surface area contributed by atoms with Gasteiger partial charge in [0.2, 0.25) is 0 Å². The molecule has 1 fully saturated rings. The van der Waals surface area contributed by atoms with Gasteiger partial charge in [-0.2, -0.15) is 5.26 Å². The molecule has 0 saturated heterocycles. The van der Waals surface area contributed by atoms with E-state index in [0.29, 0.717) is 0 Å². The van der Waals surface area contributed by atoms with Gasteiger partial charge in [0, 0.05) is 31.0 Å². The number of nitriles is 1. The van der Waals surface area contributed by atoms with Crippen LogP contribution in [0, 0.1) is 16.7 Å². The summed E-state index contributed by atoms with van der Waals surface area (Å²) in [5.74, 6) is 0. The lowest BCUT2D eigenvalue weighted by Gasteiger charge is -2.17. The Balaban J connectivity index is 1.87. The summed E-state index contributed by atoms with van der Waals surface area (Å²) in [5, 5.41) is 12.5. The third-order valence-electron chi connectivity index (χ3n) is 3.35. The van der Waals surface area contributed by atoms with Crippen molar-refractivity contribution in [2.75, 3.05) is 0 Å². The molecule has 3 heteroatoms. The molecule has 1 saturated carbocycles. The summed E-state index contributed by atoms with van der Waals surface area (Å²) >= 11 is 0. The van der Waals surface area contributed by atoms with Gasteiger partial charge < -0.3 is 9.88 Å². The lowest BCUT2D eigenvalue weighted by Crippen LogP contribution is -2.19. The Labute approximate surface area is 103 Å². The summed E-state index contributed by atoms with van der Waals surface area (Å²) < 4.78 is 2.26. The maximum atomic E-state index is 9.00. The molecule has 2 rings (SSSR count). The lowest BCUT2D eigenvalue weighted by atomic mass is 9.91. The van der Waals surface area contributed by atoms with Crippen LogP contribution < -0.4 is 5.32 Å². The molecular weight excluding hydrogens is 210 g/mol. The first kappa shape index (κ1) is 12.2. The minimum absolute atomic E-state index is 0.231. The van der Waals surface area contributed by atoms with Crippen molar-refractivity contribution in [3.63, 3.8) is 0 Å². The zero-order valence-electron chi connectivity index (χ0n) is 10.7. The molecule has 1 aromatic rings. The molecule has 0 aliphatic heterocycles. The highest BCUT2D eigenvalue weighted by Crippen LogP contribution is 2.21. The Morgan fingerprint density at radius 1 is 1.53 bits per heavy atom. The fraction of sp³-hybridized carbons (Fsp3) is 0.643. The molecule has 0 atom stereocenters. The van der Waals surface area contributed by atoms with E-state index in [2.05, 4.69) is 34.3 Å². The third-order valence-corrected chi connectivity index (χ3v) is 3.35. The van der Waals surface area contributed by atoms with Crippen LogP contribution in [0.4, 0.5) is 0 Å². The topological polar surface area (TPSA) is 40.8 Å². The van der Waals surface area contributed by atoms with E-state index in [1.165, 1.54) is 18.5 Å². The molecule has 0 amide bonds. The SMILES string of the molecule is CC(C)(C#N)CCn1cccc1CNC1CC1. The van der Waals surface area contributed by atoms with Crippen LogP contribution in [-0.4, -0.2) is 10.6 Å². The van der Waals surface area contributed by atoms with Gasteiger partial charge >= 0.3 is 0 Å². The van der Waals surface area contributed by atoms with Crippen LogP contribution in [-0.2, 0) is 13.1 Å². The highest BCUT2D eigenvalue weighted by molar-refractivity contribution is 5.08. The predicted octanol–water partition coefficient (Wildman–Crippen LogP) is 2.68. The van der Waals surface area contributed by atoms with E-state index in [0.717, 1.165) is 25.6 Å². The quantitative estimate of drug-likeness (QED) is 0.817. The fourth-order valence-electron chi connectivity index (χ4n) is 1.82. The van der Waals surface area contributed by atoms with Crippen LogP contribution in [0.15, 0.2) is 18.3 Å². The summed E-state index contributed by atoms with van der Waals surface area (Å²) in [6, 6.07) is 7.35.